The van der Waals surface area contributed by atoms with Crippen LogP contribution in [-0.2, 0) is 0 Å². The zero-order valence-corrected chi connectivity index (χ0v) is 10.2. The van der Waals surface area contributed by atoms with E-state index >= 15 is 0 Å². The first-order chi connectivity index (χ1) is 6.56. The molecule has 1 rings (SSSR count). The summed E-state index contributed by atoms with van der Waals surface area (Å²) in [5.41, 5.74) is 1.56. The summed E-state index contributed by atoms with van der Waals surface area (Å²) in [4.78, 5) is 11.6. The van der Waals surface area contributed by atoms with Crippen LogP contribution in [0.5, 0.6) is 0 Å². The number of halogens is 2. The van der Waals surface area contributed by atoms with Crippen molar-refractivity contribution in [2.45, 2.75) is 13.3 Å². The number of rotatable bonds is 3. The normalized spacial score (nSPS) is 9.93. The lowest BCUT2D eigenvalue weighted by Crippen LogP contribution is -1.99. The highest BCUT2D eigenvalue weighted by Crippen LogP contribution is 2.26. The molecule has 0 aromatic heterocycles. The minimum atomic E-state index is 0.0220. The Bertz CT molecular complexity index is 385. The molecule has 1 aromatic rings. The molecule has 0 heterocycles. The van der Waals surface area contributed by atoms with Crippen molar-refractivity contribution in [1.29, 1.82) is 0 Å². The molecule has 1 nitrogen and oxygen atoms in total. The van der Waals surface area contributed by atoms with Crippen LogP contribution in [0.2, 0.25) is 5.02 Å². The van der Waals surface area contributed by atoms with Gasteiger partial charge in [-0.1, -0.05) is 33.6 Å². The van der Waals surface area contributed by atoms with Crippen LogP contribution in [0.1, 0.15) is 22.3 Å². The second-order valence-corrected chi connectivity index (χ2v) is 4.26. The van der Waals surface area contributed by atoms with Crippen LogP contribution in [0, 0.1) is 6.92 Å². The minimum absolute atomic E-state index is 0.0220. The maximum Gasteiger partial charge on any atom is 0.167 e. The van der Waals surface area contributed by atoms with Crippen LogP contribution in [0.3, 0.4) is 0 Å². The average molecular weight is 274 g/mol. The Morgan fingerprint density at radius 2 is 2.29 bits per heavy atom. The van der Waals surface area contributed by atoms with Crippen molar-refractivity contribution in [2.24, 2.45) is 0 Å². The Labute approximate surface area is 96.9 Å². The zero-order valence-electron chi connectivity index (χ0n) is 7.81. The highest BCUT2D eigenvalue weighted by molar-refractivity contribution is 9.10. The fraction of sp³-hybridized carbons (Fsp3) is 0.182. The molecule has 0 aliphatic carbocycles. The SMILES string of the molecule is C=CCC(=O)c1cc(Cl)c(C)cc1Br. The number of allylic oxidation sites excluding steroid dienone is 1. The molecule has 0 fully saturated rings. The van der Waals surface area contributed by atoms with Gasteiger partial charge in [0, 0.05) is 21.5 Å². The third-order valence-electron chi connectivity index (χ3n) is 1.88. The van der Waals surface area contributed by atoms with E-state index in [-0.39, 0.29) is 5.78 Å². The molecule has 0 amide bonds. The van der Waals surface area contributed by atoms with E-state index in [4.69, 9.17) is 11.6 Å². The number of hydrogen-bond acceptors (Lipinski definition) is 1. The van der Waals surface area contributed by atoms with E-state index in [1.54, 1.807) is 12.1 Å². The molecule has 0 atom stereocenters. The van der Waals surface area contributed by atoms with E-state index in [2.05, 4.69) is 22.5 Å². The molecule has 0 aliphatic heterocycles. The molecule has 14 heavy (non-hydrogen) atoms. The van der Waals surface area contributed by atoms with Crippen molar-refractivity contribution < 1.29 is 4.79 Å². The van der Waals surface area contributed by atoms with Crippen molar-refractivity contribution >= 4 is 33.3 Å². The number of hydrogen-bond donors (Lipinski definition) is 0. The first-order valence-corrected chi connectivity index (χ1v) is 5.33. The number of carbonyl (C=O) groups excluding carboxylic acids is 1. The Kier molecular flexibility index (Phi) is 3.90. The summed E-state index contributed by atoms with van der Waals surface area (Å²) in [7, 11) is 0. The second kappa shape index (κ2) is 4.76. The highest BCUT2D eigenvalue weighted by atomic mass is 79.9. The standard InChI is InChI=1S/C11H10BrClO/c1-3-4-11(14)8-6-10(13)7(2)5-9(8)12/h3,5-6H,1,4H2,2H3. The Balaban J connectivity index is 3.15. The number of Topliss-reactive ketones (excluding diaryl/α,β-unsaturated/α-hetero) is 1. The monoisotopic (exact) mass is 272 g/mol. The van der Waals surface area contributed by atoms with Crippen LogP contribution < -0.4 is 0 Å². The predicted molar refractivity (Wildman–Crippen MR) is 63.0 cm³/mol. The average Bonchev–Trinajstić information content (AvgIpc) is 2.11. The van der Waals surface area contributed by atoms with Crippen molar-refractivity contribution in [3.05, 3.63) is 45.4 Å². The summed E-state index contributed by atoms with van der Waals surface area (Å²) in [5, 5.41) is 0.612. The molecule has 0 N–H and O–H groups in total. The molecule has 0 unspecified atom stereocenters. The fourth-order valence-electron chi connectivity index (χ4n) is 1.10. The highest BCUT2D eigenvalue weighted by Gasteiger charge is 2.10. The lowest BCUT2D eigenvalue weighted by atomic mass is 10.1. The van der Waals surface area contributed by atoms with Crippen molar-refractivity contribution in [3.8, 4) is 0 Å². The molecule has 0 radical (unpaired) electrons. The van der Waals surface area contributed by atoms with E-state index in [0.717, 1.165) is 10.0 Å². The van der Waals surface area contributed by atoms with Gasteiger partial charge in [-0.3, -0.25) is 4.79 Å². The summed E-state index contributed by atoms with van der Waals surface area (Å²) < 4.78 is 0.784. The van der Waals surface area contributed by atoms with Gasteiger partial charge in [0.25, 0.3) is 0 Å². The summed E-state index contributed by atoms with van der Waals surface area (Å²) in [6.45, 7) is 5.42. The fourth-order valence-corrected chi connectivity index (χ4v) is 1.94. The molecule has 74 valence electrons. The number of aryl methyl sites for hydroxylation is 1. The van der Waals surface area contributed by atoms with Gasteiger partial charge in [-0.25, -0.2) is 0 Å². The lowest BCUT2D eigenvalue weighted by molar-refractivity contribution is 0.0995. The van der Waals surface area contributed by atoms with E-state index in [1.807, 2.05) is 13.0 Å². The first kappa shape index (κ1) is 11.5. The first-order valence-electron chi connectivity index (χ1n) is 4.16. The van der Waals surface area contributed by atoms with E-state index in [1.165, 1.54) is 0 Å². The minimum Gasteiger partial charge on any atom is -0.294 e. The Hall–Kier alpha value is -0.600. The molecule has 0 aliphatic rings. The van der Waals surface area contributed by atoms with Crippen LogP contribution in [0.25, 0.3) is 0 Å². The van der Waals surface area contributed by atoms with Gasteiger partial charge in [0.15, 0.2) is 5.78 Å². The zero-order chi connectivity index (χ0) is 10.7. The van der Waals surface area contributed by atoms with Crippen LogP contribution in [0.4, 0.5) is 0 Å². The van der Waals surface area contributed by atoms with E-state index in [9.17, 15) is 4.79 Å². The van der Waals surface area contributed by atoms with Gasteiger partial charge in [-0.2, -0.15) is 0 Å². The van der Waals surface area contributed by atoms with Crippen molar-refractivity contribution in [1.82, 2.24) is 0 Å². The number of ketones is 1. The molecular weight excluding hydrogens is 263 g/mol. The third-order valence-corrected chi connectivity index (χ3v) is 2.94. The predicted octanol–water partition coefficient (Wildman–Crippen LogP) is 4.17. The Morgan fingerprint density at radius 1 is 1.64 bits per heavy atom. The smallest absolute Gasteiger partial charge is 0.167 e. The van der Waals surface area contributed by atoms with Crippen molar-refractivity contribution in [3.63, 3.8) is 0 Å². The van der Waals surface area contributed by atoms with E-state index < -0.39 is 0 Å². The maximum atomic E-state index is 11.6. The topological polar surface area (TPSA) is 17.1 Å². The summed E-state index contributed by atoms with van der Waals surface area (Å²) >= 11 is 9.27. The maximum absolute atomic E-state index is 11.6. The number of benzene rings is 1. The van der Waals surface area contributed by atoms with Crippen molar-refractivity contribution in [2.75, 3.05) is 0 Å². The van der Waals surface area contributed by atoms with E-state index in [0.29, 0.717) is 17.0 Å². The molecule has 0 spiro atoms. The molecule has 0 saturated carbocycles. The summed E-state index contributed by atoms with van der Waals surface area (Å²) in [5.74, 6) is 0.0220. The van der Waals surface area contributed by atoms with Gasteiger partial charge in [-0.05, 0) is 24.6 Å². The molecule has 0 bridgehead atoms. The third kappa shape index (κ3) is 2.46. The number of carbonyl (C=O) groups is 1. The quantitative estimate of drug-likeness (QED) is 0.597. The molecule has 3 heteroatoms. The Morgan fingerprint density at radius 3 is 2.86 bits per heavy atom. The van der Waals surface area contributed by atoms with Crippen LogP contribution in [0.15, 0.2) is 29.3 Å². The second-order valence-electron chi connectivity index (χ2n) is 3.00. The lowest BCUT2D eigenvalue weighted by Gasteiger charge is -2.05. The summed E-state index contributed by atoms with van der Waals surface area (Å²) in [6, 6.07) is 3.53. The van der Waals surface area contributed by atoms with Gasteiger partial charge in [0.2, 0.25) is 0 Å². The van der Waals surface area contributed by atoms with Gasteiger partial charge in [-0.15, -0.1) is 6.58 Å². The van der Waals surface area contributed by atoms with Gasteiger partial charge in [0.05, 0.1) is 0 Å². The van der Waals surface area contributed by atoms with Gasteiger partial charge in [0.1, 0.15) is 0 Å². The van der Waals surface area contributed by atoms with Crippen LogP contribution >= 0.6 is 27.5 Å². The molecule has 0 saturated heterocycles. The molecule has 1 aromatic carbocycles. The largest absolute Gasteiger partial charge is 0.294 e. The van der Waals surface area contributed by atoms with Crippen LogP contribution in [-0.4, -0.2) is 5.78 Å². The van der Waals surface area contributed by atoms with Gasteiger partial charge >= 0.3 is 0 Å². The van der Waals surface area contributed by atoms with Gasteiger partial charge < -0.3 is 0 Å². The summed E-state index contributed by atoms with van der Waals surface area (Å²) in [6.07, 6.45) is 1.92. The molecular formula is C11H10BrClO.